The molecule has 2 unspecified atom stereocenters. The Bertz CT molecular complexity index is 1330. The summed E-state index contributed by atoms with van der Waals surface area (Å²) < 4.78 is 10.1. The molecule has 2 aromatic carbocycles. The van der Waals surface area contributed by atoms with Gasteiger partial charge in [0.05, 0.1) is 17.1 Å². The number of fused-ring (bicyclic) bond motifs is 1. The number of ether oxygens (including phenoxy) is 1. The maximum atomic E-state index is 12.9. The van der Waals surface area contributed by atoms with Crippen molar-refractivity contribution in [1.29, 1.82) is 0 Å². The standard InChI is InChI=1S/C30H38N4O2/c1-30(2,3)21-34-26-16-15-23(18-27(26)32(4)29(34)35)25-13-8-14-28(31-25)36-24-12-9-17-33(20-24)19-22-10-6-5-7-11-22/h5-8,10-11,14-16,18,24-25H,9,12-13,17,19-21H2,1-4H3. The van der Waals surface area contributed by atoms with E-state index >= 15 is 0 Å². The number of nitrogens with zero attached hydrogens (tertiary/aromatic N) is 4. The lowest BCUT2D eigenvalue weighted by Crippen LogP contribution is -2.40. The van der Waals surface area contributed by atoms with Gasteiger partial charge in [0.15, 0.2) is 0 Å². The molecule has 2 atom stereocenters. The molecule has 2 aliphatic rings. The van der Waals surface area contributed by atoms with Gasteiger partial charge in [-0.25, -0.2) is 9.79 Å². The van der Waals surface area contributed by atoms with Crippen molar-refractivity contribution in [3.63, 3.8) is 0 Å². The number of piperidine rings is 1. The van der Waals surface area contributed by atoms with Crippen molar-refractivity contribution in [3.05, 3.63) is 82.3 Å². The molecule has 0 bridgehead atoms. The van der Waals surface area contributed by atoms with Crippen molar-refractivity contribution in [2.24, 2.45) is 17.5 Å². The van der Waals surface area contributed by atoms with Gasteiger partial charge < -0.3 is 4.74 Å². The van der Waals surface area contributed by atoms with Crippen LogP contribution in [0.15, 0.2) is 70.5 Å². The molecule has 0 saturated carbocycles. The predicted molar refractivity (Wildman–Crippen MR) is 146 cm³/mol. The summed E-state index contributed by atoms with van der Waals surface area (Å²) in [6.45, 7) is 10.1. The quantitative estimate of drug-likeness (QED) is 0.481. The highest BCUT2D eigenvalue weighted by atomic mass is 16.5. The molecule has 190 valence electrons. The Morgan fingerprint density at radius 3 is 2.67 bits per heavy atom. The van der Waals surface area contributed by atoms with Crippen LogP contribution in [0.3, 0.4) is 0 Å². The first-order valence-electron chi connectivity index (χ1n) is 13.1. The Labute approximate surface area is 213 Å². The van der Waals surface area contributed by atoms with E-state index in [0.29, 0.717) is 6.54 Å². The molecule has 1 aromatic heterocycles. The Hall–Kier alpha value is -3.12. The van der Waals surface area contributed by atoms with E-state index in [1.807, 2.05) is 17.7 Å². The Morgan fingerprint density at radius 1 is 1.08 bits per heavy atom. The number of likely N-dealkylation sites (tertiary alicyclic amines) is 1. The number of hydrogen-bond donors (Lipinski definition) is 0. The number of rotatable bonds is 5. The summed E-state index contributed by atoms with van der Waals surface area (Å²) in [6.07, 6.45) is 7.35. The lowest BCUT2D eigenvalue weighted by Gasteiger charge is -2.33. The highest BCUT2D eigenvalue weighted by Crippen LogP contribution is 2.29. The number of aryl methyl sites for hydroxylation is 1. The minimum atomic E-state index is -0.000481. The number of hydrogen-bond acceptors (Lipinski definition) is 4. The van der Waals surface area contributed by atoms with Crippen LogP contribution in [0.5, 0.6) is 0 Å². The van der Waals surface area contributed by atoms with E-state index in [9.17, 15) is 4.79 Å². The highest BCUT2D eigenvalue weighted by Gasteiger charge is 2.24. The molecule has 6 nitrogen and oxygen atoms in total. The number of benzene rings is 2. The molecular formula is C30H38N4O2. The summed E-state index contributed by atoms with van der Waals surface area (Å²) in [5, 5.41) is 0. The van der Waals surface area contributed by atoms with Gasteiger partial charge in [-0.05, 0) is 60.6 Å². The molecular weight excluding hydrogens is 448 g/mol. The molecule has 0 radical (unpaired) electrons. The van der Waals surface area contributed by atoms with Gasteiger partial charge in [-0.1, -0.05) is 63.2 Å². The topological polar surface area (TPSA) is 51.8 Å². The zero-order chi connectivity index (χ0) is 25.3. The Morgan fingerprint density at radius 2 is 1.89 bits per heavy atom. The molecule has 1 saturated heterocycles. The maximum Gasteiger partial charge on any atom is 0.328 e. The molecule has 0 aliphatic carbocycles. The van der Waals surface area contributed by atoms with Gasteiger partial charge in [0.1, 0.15) is 6.10 Å². The van der Waals surface area contributed by atoms with Crippen LogP contribution >= 0.6 is 0 Å². The number of dihydropyridines is 1. The lowest BCUT2D eigenvalue weighted by molar-refractivity contribution is 0.0763. The van der Waals surface area contributed by atoms with Crippen molar-refractivity contribution in [3.8, 4) is 0 Å². The zero-order valence-electron chi connectivity index (χ0n) is 22.0. The van der Waals surface area contributed by atoms with Gasteiger partial charge in [0.2, 0.25) is 5.90 Å². The summed E-state index contributed by atoms with van der Waals surface area (Å²) in [5.74, 6) is 0.720. The molecule has 3 aromatic rings. The predicted octanol–water partition coefficient (Wildman–Crippen LogP) is 5.47. The molecule has 1 fully saturated rings. The third kappa shape index (κ3) is 5.49. The van der Waals surface area contributed by atoms with Crippen molar-refractivity contribution >= 4 is 16.9 Å². The van der Waals surface area contributed by atoms with E-state index in [4.69, 9.17) is 9.73 Å². The van der Waals surface area contributed by atoms with E-state index in [1.165, 1.54) is 5.56 Å². The van der Waals surface area contributed by atoms with Crippen LogP contribution < -0.4 is 5.69 Å². The highest BCUT2D eigenvalue weighted by molar-refractivity contribution is 5.89. The van der Waals surface area contributed by atoms with Gasteiger partial charge >= 0.3 is 5.69 Å². The second kappa shape index (κ2) is 10.1. The molecule has 5 rings (SSSR count). The van der Waals surface area contributed by atoms with Gasteiger partial charge in [-0.3, -0.25) is 14.0 Å². The fraction of sp³-hybridized carbons (Fsp3) is 0.467. The second-order valence-corrected chi connectivity index (χ2v) is 11.5. The average Bonchev–Trinajstić information content (AvgIpc) is 3.08. The van der Waals surface area contributed by atoms with Crippen LogP contribution in [0.25, 0.3) is 11.0 Å². The SMILES string of the molecule is Cn1c(=O)n(CC(C)(C)C)c2ccc(C3CC=CC(OC4CCCN(Cc5ccccc5)C4)=N3)cc21. The van der Waals surface area contributed by atoms with Crippen molar-refractivity contribution in [2.45, 2.75) is 65.3 Å². The van der Waals surface area contributed by atoms with Crippen LogP contribution in [-0.4, -0.2) is 39.1 Å². The molecule has 0 spiro atoms. The van der Waals surface area contributed by atoms with E-state index in [-0.39, 0.29) is 23.3 Å². The van der Waals surface area contributed by atoms with E-state index in [1.54, 1.807) is 4.57 Å². The summed E-state index contributed by atoms with van der Waals surface area (Å²) in [5.41, 5.74) is 4.45. The first kappa shape index (κ1) is 24.6. The second-order valence-electron chi connectivity index (χ2n) is 11.5. The smallest absolute Gasteiger partial charge is 0.328 e. The largest absolute Gasteiger partial charge is 0.473 e. The van der Waals surface area contributed by atoms with Crippen LogP contribution in [0.2, 0.25) is 0 Å². The summed E-state index contributed by atoms with van der Waals surface area (Å²) in [4.78, 5) is 20.4. The minimum absolute atomic E-state index is 0.000481. The Kier molecular flexibility index (Phi) is 6.89. The third-order valence-corrected chi connectivity index (χ3v) is 7.09. The minimum Gasteiger partial charge on any atom is -0.473 e. The summed E-state index contributed by atoms with van der Waals surface area (Å²) in [6, 6.07) is 17.0. The summed E-state index contributed by atoms with van der Waals surface area (Å²) >= 11 is 0. The van der Waals surface area contributed by atoms with E-state index < -0.39 is 0 Å². The van der Waals surface area contributed by atoms with Crippen molar-refractivity contribution < 1.29 is 4.74 Å². The van der Waals surface area contributed by atoms with Crippen molar-refractivity contribution in [1.82, 2.24) is 14.0 Å². The monoisotopic (exact) mass is 486 g/mol. The van der Waals surface area contributed by atoms with Gasteiger partial charge in [0.25, 0.3) is 0 Å². The zero-order valence-corrected chi connectivity index (χ0v) is 22.0. The van der Waals surface area contributed by atoms with Gasteiger partial charge in [0, 0.05) is 26.7 Å². The molecule has 2 aliphatic heterocycles. The molecule has 36 heavy (non-hydrogen) atoms. The van der Waals surface area contributed by atoms with Crippen LogP contribution in [0.1, 0.15) is 57.2 Å². The van der Waals surface area contributed by atoms with Crippen LogP contribution in [0, 0.1) is 5.41 Å². The van der Waals surface area contributed by atoms with Crippen LogP contribution in [-0.2, 0) is 24.9 Å². The number of aromatic nitrogens is 2. The van der Waals surface area contributed by atoms with Crippen LogP contribution in [0.4, 0.5) is 0 Å². The number of imidazole rings is 1. The fourth-order valence-corrected chi connectivity index (χ4v) is 5.35. The summed E-state index contributed by atoms with van der Waals surface area (Å²) in [7, 11) is 1.86. The molecule has 6 heteroatoms. The first-order chi connectivity index (χ1) is 17.3. The maximum absolute atomic E-state index is 12.9. The van der Waals surface area contributed by atoms with E-state index in [2.05, 4.69) is 80.3 Å². The fourth-order valence-electron chi connectivity index (χ4n) is 5.35. The molecule has 0 amide bonds. The van der Waals surface area contributed by atoms with Gasteiger partial charge in [-0.2, -0.15) is 0 Å². The normalized spacial score (nSPS) is 21.1. The lowest BCUT2D eigenvalue weighted by atomic mass is 9.96. The molecule has 3 heterocycles. The van der Waals surface area contributed by atoms with Gasteiger partial charge in [-0.15, -0.1) is 0 Å². The molecule has 0 N–H and O–H groups in total. The van der Waals surface area contributed by atoms with Crippen molar-refractivity contribution in [2.75, 3.05) is 13.1 Å². The Balaban J connectivity index is 1.30. The number of aliphatic imine (C=N–C) groups is 1. The van der Waals surface area contributed by atoms with E-state index in [0.717, 1.165) is 61.4 Å². The third-order valence-electron chi connectivity index (χ3n) is 7.09. The first-order valence-corrected chi connectivity index (χ1v) is 13.1. The average molecular weight is 487 g/mol.